The lowest BCUT2D eigenvalue weighted by molar-refractivity contribution is -0.275. The fraction of sp³-hybridized carbons (Fsp3) is 0.333. The highest BCUT2D eigenvalue weighted by molar-refractivity contribution is 7.92. The number of fused-ring (bicyclic) bond motifs is 2. The maximum Gasteiger partial charge on any atom is 0.573 e. The molecule has 0 aliphatic carbocycles. The summed E-state index contributed by atoms with van der Waals surface area (Å²) in [5, 5.41) is 9.68. The van der Waals surface area contributed by atoms with Gasteiger partial charge in [-0.2, -0.15) is 0 Å². The molecule has 2 aliphatic rings. The van der Waals surface area contributed by atoms with Crippen molar-refractivity contribution in [1.82, 2.24) is 9.88 Å². The summed E-state index contributed by atoms with van der Waals surface area (Å²) in [5.41, 5.74) is -0.253. The van der Waals surface area contributed by atoms with Crippen LogP contribution in [0.2, 0.25) is 5.02 Å². The molecular weight excluding hydrogens is 479 g/mol. The number of ether oxygens (including phenoxy) is 2. The van der Waals surface area contributed by atoms with Gasteiger partial charge in [-0.1, -0.05) is 11.6 Å². The minimum atomic E-state index is -5.13. The molecule has 9 nitrogen and oxygen atoms in total. The van der Waals surface area contributed by atoms with Crippen molar-refractivity contribution in [1.29, 1.82) is 0 Å². The van der Waals surface area contributed by atoms with Crippen molar-refractivity contribution in [3.05, 3.63) is 41.0 Å². The van der Waals surface area contributed by atoms with E-state index < -0.39 is 39.0 Å². The van der Waals surface area contributed by atoms with Crippen molar-refractivity contribution in [2.45, 2.75) is 29.8 Å². The molecule has 172 valence electrons. The third kappa shape index (κ3) is 4.54. The first-order valence-electron chi connectivity index (χ1n) is 9.13. The Morgan fingerprint density at radius 2 is 2.06 bits per heavy atom. The smallest absolute Gasteiger partial charge is 0.475 e. The molecule has 0 bridgehead atoms. The Bertz CT molecular complexity index is 1180. The second kappa shape index (κ2) is 7.98. The van der Waals surface area contributed by atoms with E-state index in [1.807, 2.05) is 0 Å². The number of halogens is 4. The van der Waals surface area contributed by atoms with Crippen LogP contribution in [0.4, 0.5) is 18.9 Å². The van der Waals surface area contributed by atoms with Gasteiger partial charge in [-0.3, -0.25) is 9.52 Å². The summed E-state index contributed by atoms with van der Waals surface area (Å²) in [6.45, 7) is 0.192. The second-order valence-corrected chi connectivity index (χ2v) is 9.22. The number of anilines is 1. The van der Waals surface area contributed by atoms with E-state index in [-0.39, 0.29) is 41.3 Å². The second-order valence-electron chi connectivity index (χ2n) is 7.13. The number of nitrogens with zero attached hydrogens (tertiary/aromatic N) is 2. The van der Waals surface area contributed by atoms with Gasteiger partial charge in [0.2, 0.25) is 5.88 Å². The molecule has 2 aromatic rings. The van der Waals surface area contributed by atoms with Gasteiger partial charge in [-0.25, -0.2) is 13.4 Å². The lowest BCUT2D eigenvalue weighted by Gasteiger charge is -2.20. The van der Waals surface area contributed by atoms with Gasteiger partial charge in [-0.15, -0.1) is 13.2 Å². The molecule has 1 saturated heterocycles. The number of benzene rings is 1. The number of rotatable bonds is 4. The molecule has 32 heavy (non-hydrogen) atoms. The number of carbonyl (C=O) groups excluding carboxylic acids is 1. The van der Waals surface area contributed by atoms with E-state index in [0.717, 1.165) is 30.5 Å². The van der Waals surface area contributed by atoms with Crippen molar-refractivity contribution in [2.75, 3.05) is 17.9 Å². The summed E-state index contributed by atoms with van der Waals surface area (Å²) >= 11 is 5.76. The zero-order chi connectivity index (χ0) is 23.3. The fourth-order valence-electron chi connectivity index (χ4n) is 3.52. The Labute approximate surface area is 184 Å². The number of carbonyl (C=O) groups is 1. The van der Waals surface area contributed by atoms with Crippen LogP contribution in [0.15, 0.2) is 35.4 Å². The molecule has 14 heteroatoms. The highest BCUT2D eigenvalue weighted by Gasteiger charge is 2.39. The van der Waals surface area contributed by atoms with Crippen molar-refractivity contribution < 1.29 is 41.0 Å². The molecular formula is C18H15ClF3N3O6S. The zero-order valence-corrected chi connectivity index (χ0v) is 17.5. The lowest BCUT2D eigenvalue weighted by atomic mass is 10.2. The number of aliphatic hydroxyl groups is 1. The minimum Gasteiger partial charge on any atom is -0.475 e. The van der Waals surface area contributed by atoms with Crippen molar-refractivity contribution >= 4 is 33.2 Å². The number of amides is 1. The Kier molecular flexibility index (Phi) is 5.59. The molecule has 0 radical (unpaired) electrons. The summed E-state index contributed by atoms with van der Waals surface area (Å²) in [7, 11) is -4.62. The van der Waals surface area contributed by atoms with Gasteiger partial charge in [0, 0.05) is 11.6 Å². The number of hydrogen-bond acceptors (Lipinski definition) is 7. The standard InChI is InChI=1S/C18H15ClF3N3O6S/c19-9-1-2-14(31-18(20,21)22)15(3-9)32(28,29)24-10-4-13-16(23-6-10)30-8-11-5-12(26)7-25(11)17(13)27/h1-4,6,11-12,24,26H,5,7-8H2/t11-,12+/m1/s1. The monoisotopic (exact) mass is 493 g/mol. The number of alkyl halides is 3. The van der Waals surface area contributed by atoms with E-state index in [4.69, 9.17) is 16.3 Å². The van der Waals surface area contributed by atoms with Crippen molar-refractivity contribution in [3.8, 4) is 11.6 Å². The van der Waals surface area contributed by atoms with E-state index in [2.05, 4.69) is 14.4 Å². The number of nitrogens with one attached hydrogen (secondary N) is 1. The summed E-state index contributed by atoms with van der Waals surface area (Å²) < 4.78 is 75.0. The number of aromatic nitrogens is 1. The van der Waals surface area contributed by atoms with Crippen LogP contribution in [-0.4, -0.2) is 61.0 Å². The maximum atomic E-state index is 12.9. The van der Waals surface area contributed by atoms with Crippen LogP contribution in [0.1, 0.15) is 16.8 Å². The molecule has 1 aromatic carbocycles. The third-order valence-electron chi connectivity index (χ3n) is 4.82. The van der Waals surface area contributed by atoms with Crippen LogP contribution in [0.25, 0.3) is 0 Å². The number of pyridine rings is 1. The molecule has 1 amide bonds. The predicted molar refractivity (Wildman–Crippen MR) is 104 cm³/mol. The molecule has 1 aromatic heterocycles. The highest BCUT2D eigenvalue weighted by atomic mass is 35.5. The van der Waals surface area contributed by atoms with Gasteiger partial charge in [0.1, 0.15) is 22.8 Å². The highest BCUT2D eigenvalue weighted by Crippen LogP contribution is 2.34. The summed E-state index contributed by atoms with van der Waals surface area (Å²) in [5.74, 6) is -1.52. The molecule has 4 rings (SSSR count). The van der Waals surface area contributed by atoms with Crippen LogP contribution in [0.5, 0.6) is 11.6 Å². The summed E-state index contributed by atoms with van der Waals surface area (Å²) in [4.78, 5) is 17.4. The number of sulfonamides is 1. The average Bonchev–Trinajstić information content (AvgIpc) is 3.01. The molecule has 3 heterocycles. The quantitative estimate of drug-likeness (QED) is 0.671. The SMILES string of the molecule is O=C1c2cc(NS(=O)(=O)c3cc(Cl)ccc3OC(F)(F)F)cnc2OC[C@H]2C[C@H](O)CN12. The number of hydrogen-bond donors (Lipinski definition) is 2. The Morgan fingerprint density at radius 1 is 1.31 bits per heavy atom. The van der Waals surface area contributed by atoms with Gasteiger partial charge in [0.15, 0.2) is 0 Å². The van der Waals surface area contributed by atoms with E-state index in [0.29, 0.717) is 6.42 Å². The molecule has 2 N–H and O–H groups in total. The normalized spacial score (nSPS) is 20.8. The first-order chi connectivity index (χ1) is 14.9. The predicted octanol–water partition coefficient (Wildman–Crippen LogP) is 2.40. The first kappa shape index (κ1) is 22.4. The molecule has 0 spiro atoms. The van der Waals surface area contributed by atoms with Crippen LogP contribution in [-0.2, 0) is 10.0 Å². The molecule has 2 aliphatic heterocycles. The summed E-state index contributed by atoms with van der Waals surface area (Å²) in [6, 6.07) is 3.41. The zero-order valence-electron chi connectivity index (χ0n) is 16.0. The summed E-state index contributed by atoms with van der Waals surface area (Å²) in [6.07, 6.45) is -4.46. The van der Waals surface area contributed by atoms with Gasteiger partial charge < -0.3 is 19.5 Å². The van der Waals surface area contributed by atoms with Gasteiger partial charge in [-0.05, 0) is 30.7 Å². The van der Waals surface area contributed by atoms with Crippen molar-refractivity contribution in [2.24, 2.45) is 0 Å². The van der Waals surface area contributed by atoms with Crippen molar-refractivity contribution in [3.63, 3.8) is 0 Å². The fourth-order valence-corrected chi connectivity index (χ4v) is 4.94. The third-order valence-corrected chi connectivity index (χ3v) is 6.46. The minimum absolute atomic E-state index is 0.0225. The van der Waals surface area contributed by atoms with Gasteiger partial charge >= 0.3 is 6.36 Å². The van der Waals surface area contributed by atoms with Crippen LogP contribution in [0, 0.1) is 0 Å². The van der Waals surface area contributed by atoms with Gasteiger partial charge in [0.25, 0.3) is 15.9 Å². The lowest BCUT2D eigenvalue weighted by Crippen LogP contribution is -2.37. The molecule has 0 saturated carbocycles. The van der Waals surface area contributed by atoms with E-state index >= 15 is 0 Å². The van der Waals surface area contributed by atoms with Crippen LogP contribution < -0.4 is 14.2 Å². The first-order valence-corrected chi connectivity index (χ1v) is 11.0. The number of aliphatic hydroxyl groups excluding tert-OH is 1. The average molecular weight is 494 g/mol. The van der Waals surface area contributed by atoms with Gasteiger partial charge in [0.05, 0.1) is 24.0 Å². The molecule has 2 atom stereocenters. The van der Waals surface area contributed by atoms with E-state index in [1.165, 1.54) is 4.90 Å². The topological polar surface area (TPSA) is 118 Å². The maximum absolute atomic E-state index is 12.9. The Morgan fingerprint density at radius 3 is 2.78 bits per heavy atom. The van der Waals surface area contributed by atoms with Crippen LogP contribution >= 0.6 is 11.6 Å². The molecule has 0 unspecified atom stereocenters. The largest absolute Gasteiger partial charge is 0.573 e. The Balaban J connectivity index is 1.66. The van der Waals surface area contributed by atoms with E-state index in [9.17, 15) is 31.5 Å². The van der Waals surface area contributed by atoms with E-state index in [1.54, 1.807) is 0 Å². The molecule has 1 fully saturated rings. The van der Waals surface area contributed by atoms with Crippen LogP contribution in [0.3, 0.4) is 0 Å². The Hall–Kier alpha value is -2.77.